The average Bonchev–Trinajstić information content (AvgIpc) is 2.53. The van der Waals surface area contributed by atoms with Crippen LogP contribution in [-0.2, 0) is 4.79 Å². The second-order valence-electron chi connectivity index (χ2n) is 5.57. The molecule has 0 radical (unpaired) electrons. The van der Waals surface area contributed by atoms with Gasteiger partial charge in [-0.15, -0.1) is 0 Å². The fraction of sp³-hybridized carbons (Fsp3) is 0.118. The quantitative estimate of drug-likeness (QED) is 0.649. The number of carbonyl (C=O) groups excluding carboxylic acids is 2. The van der Waals surface area contributed by atoms with E-state index in [0.717, 1.165) is 11.6 Å². The van der Waals surface area contributed by atoms with Crippen molar-refractivity contribution in [2.24, 2.45) is 10.9 Å². The third-order valence-corrected chi connectivity index (χ3v) is 4.07. The number of nitro groups is 1. The minimum absolute atomic E-state index is 0.0766. The Morgan fingerprint density at radius 3 is 2.84 bits per heavy atom. The van der Waals surface area contributed by atoms with Gasteiger partial charge in [0.15, 0.2) is 0 Å². The third-order valence-electron chi connectivity index (χ3n) is 3.83. The molecule has 8 heteroatoms. The van der Waals surface area contributed by atoms with Crippen molar-refractivity contribution in [2.75, 3.05) is 0 Å². The van der Waals surface area contributed by atoms with Crippen molar-refractivity contribution in [3.8, 4) is 0 Å². The lowest BCUT2D eigenvalue weighted by Crippen LogP contribution is -2.32. The highest BCUT2D eigenvalue weighted by molar-refractivity contribution is 6.31. The van der Waals surface area contributed by atoms with Crippen LogP contribution < -0.4 is 5.32 Å². The molecule has 1 aromatic carbocycles. The van der Waals surface area contributed by atoms with Gasteiger partial charge in [-0.2, -0.15) is 0 Å². The Labute approximate surface area is 147 Å². The van der Waals surface area contributed by atoms with E-state index in [-0.39, 0.29) is 28.1 Å². The number of nitro benzene ring substituents is 1. The van der Waals surface area contributed by atoms with Crippen LogP contribution in [-0.4, -0.2) is 22.4 Å². The van der Waals surface area contributed by atoms with Crippen LogP contribution >= 0.6 is 11.6 Å². The second-order valence-corrected chi connectivity index (χ2v) is 6.01. The predicted octanol–water partition coefficient (Wildman–Crippen LogP) is 2.98. The Kier molecular flexibility index (Phi) is 4.33. The lowest BCUT2D eigenvalue weighted by molar-refractivity contribution is -0.385. The van der Waals surface area contributed by atoms with Gasteiger partial charge >= 0.3 is 0 Å². The summed E-state index contributed by atoms with van der Waals surface area (Å²) < 4.78 is 0. The first-order chi connectivity index (χ1) is 11.8. The molecule has 0 bridgehead atoms. The zero-order valence-electron chi connectivity index (χ0n) is 13.0. The van der Waals surface area contributed by atoms with Crippen molar-refractivity contribution in [1.82, 2.24) is 5.32 Å². The molecule has 1 aliphatic heterocycles. The third kappa shape index (κ3) is 3.41. The maximum absolute atomic E-state index is 12.4. The van der Waals surface area contributed by atoms with E-state index < -0.39 is 10.8 Å². The van der Waals surface area contributed by atoms with Gasteiger partial charge < -0.3 is 5.32 Å². The summed E-state index contributed by atoms with van der Waals surface area (Å²) in [6, 6.07) is 3.71. The smallest absolute Gasteiger partial charge is 0.284 e. The first-order valence-electron chi connectivity index (χ1n) is 7.31. The fourth-order valence-corrected chi connectivity index (χ4v) is 2.84. The van der Waals surface area contributed by atoms with Crippen LogP contribution in [0.2, 0.25) is 5.02 Å². The van der Waals surface area contributed by atoms with Gasteiger partial charge in [0, 0.05) is 28.8 Å². The van der Waals surface area contributed by atoms with Gasteiger partial charge in [0.2, 0.25) is 5.91 Å². The number of allylic oxidation sites excluding steroid dienone is 3. The van der Waals surface area contributed by atoms with Crippen molar-refractivity contribution in [3.63, 3.8) is 0 Å². The van der Waals surface area contributed by atoms with Crippen molar-refractivity contribution in [3.05, 3.63) is 74.5 Å². The van der Waals surface area contributed by atoms with Gasteiger partial charge in [-0.05, 0) is 31.2 Å². The molecule has 0 fully saturated rings. The molecule has 1 aromatic rings. The van der Waals surface area contributed by atoms with Gasteiger partial charge in [0.25, 0.3) is 11.6 Å². The van der Waals surface area contributed by atoms with Gasteiger partial charge in [-0.3, -0.25) is 19.7 Å². The van der Waals surface area contributed by atoms with Gasteiger partial charge in [0.05, 0.1) is 10.6 Å². The molecule has 1 atom stereocenters. The van der Waals surface area contributed by atoms with E-state index >= 15 is 0 Å². The van der Waals surface area contributed by atoms with Crippen molar-refractivity contribution >= 4 is 34.8 Å². The molecule has 0 aromatic heterocycles. The highest BCUT2D eigenvalue weighted by Crippen LogP contribution is 2.27. The van der Waals surface area contributed by atoms with Crippen molar-refractivity contribution in [2.45, 2.75) is 6.92 Å². The molecule has 0 saturated heterocycles. The topological polar surface area (TPSA) is 102 Å². The van der Waals surface area contributed by atoms with Crippen molar-refractivity contribution < 1.29 is 14.5 Å². The molecular formula is C17H12ClN3O4. The lowest BCUT2D eigenvalue weighted by Gasteiger charge is -2.25. The first-order valence-corrected chi connectivity index (χ1v) is 7.69. The number of fused-ring (bicyclic) bond motifs is 1. The highest BCUT2D eigenvalue weighted by Gasteiger charge is 2.25. The minimum Gasteiger partial charge on any atom is -0.325 e. The summed E-state index contributed by atoms with van der Waals surface area (Å²) in [4.78, 5) is 38.3. The monoisotopic (exact) mass is 357 g/mol. The number of benzene rings is 1. The number of amides is 2. The molecule has 1 N–H and O–H groups in total. The van der Waals surface area contributed by atoms with Crippen LogP contribution in [0.25, 0.3) is 0 Å². The molecule has 0 saturated carbocycles. The summed E-state index contributed by atoms with van der Waals surface area (Å²) in [7, 11) is 0. The van der Waals surface area contributed by atoms with Gasteiger partial charge in [-0.1, -0.05) is 23.3 Å². The number of carbonyl (C=O) groups is 2. The van der Waals surface area contributed by atoms with E-state index in [1.165, 1.54) is 18.2 Å². The van der Waals surface area contributed by atoms with E-state index in [1.807, 2.05) is 6.92 Å². The Bertz CT molecular complexity index is 928. The SMILES string of the molecule is CC1=CC(=O)NC2=CC(=NC(=O)c3cc(Cl)ccc3[N+](=O)[O-])C=CC12. The molecule has 0 spiro atoms. The van der Waals surface area contributed by atoms with Gasteiger partial charge in [0.1, 0.15) is 5.56 Å². The number of halogens is 1. The second kappa shape index (κ2) is 6.45. The molecule has 7 nitrogen and oxygen atoms in total. The fourth-order valence-electron chi connectivity index (χ4n) is 2.67. The summed E-state index contributed by atoms with van der Waals surface area (Å²) in [6.45, 7) is 1.84. The predicted molar refractivity (Wildman–Crippen MR) is 92.5 cm³/mol. The van der Waals surface area contributed by atoms with E-state index in [1.54, 1.807) is 18.2 Å². The molecule has 2 amide bonds. The first kappa shape index (κ1) is 16.8. The zero-order chi connectivity index (χ0) is 18.1. The maximum Gasteiger partial charge on any atom is 0.284 e. The van der Waals surface area contributed by atoms with Crippen LogP contribution in [0.3, 0.4) is 0 Å². The largest absolute Gasteiger partial charge is 0.325 e. The van der Waals surface area contributed by atoms with Crippen LogP contribution in [0.1, 0.15) is 17.3 Å². The number of nitrogens with one attached hydrogen (secondary N) is 1. The van der Waals surface area contributed by atoms with Crippen LogP contribution in [0, 0.1) is 16.0 Å². The summed E-state index contributed by atoms with van der Waals surface area (Å²) >= 11 is 5.83. The normalized spacial score (nSPS) is 20.5. The van der Waals surface area contributed by atoms with E-state index in [2.05, 4.69) is 10.3 Å². The Balaban J connectivity index is 1.95. The molecule has 25 heavy (non-hydrogen) atoms. The van der Waals surface area contributed by atoms with Gasteiger partial charge in [-0.25, -0.2) is 4.99 Å². The Morgan fingerprint density at radius 2 is 2.12 bits per heavy atom. The average molecular weight is 358 g/mol. The standard InChI is InChI=1S/C17H12ClN3O4/c1-9-6-16(22)20-14-8-11(3-4-12(9)14)19-17(23)13-7-10(18)2-5-15(13)21(24)25/h2-8,12H,1H3,(H,20,22). The molecule has 126 valence electrons. The molecular weight excluding hydrogens is 346 g/mol. The number of hydrogen-bond donors (Lipinski definition) is 1. The van der Waals surface area contributed by atoms with Crippen LogP contribution in [0.4, 0.5) is 5.69 Å². The van der Waals surface area contributed by atoms with Crippen LogP contribution in [0.15, 0.2) is 58.8 Å². The number of aliphatic imine (C=N–C) groups is 1. The molecule has 1 heterocycles. The maximum atomic E-state index is 12.4. The van der Waals surface area contributed by atoms with Crippen molar-refractivity contribution in [1.29, 1.82) is 0 Å². The van der Waals surface area contributed by atoms with E-state index in [0.29, 0.717) is 11.4 Å². The Morgan fingerprint density at radius 1 is 1.36 bits per heavy atom. The van der Waals surface area contributed by atoms with E-state index in [4.69, 9.17) is 11.6 Å². The number of rotatable bonds is 2. The van der Waals surface area contributed by atoms with Crippen LogP contribution in [0.5, 0.6) is 0 Å². The molecule has 3 rings (SSSR count). The number of hydrogen-bond acceptors (Lipinski definition) is 4. The summed E-state index contributed by atoms with van der Waals surface area (Å²) in [5, 5.41) is 14.0. The molecule has 1 unspecified atom stereocenters. The zero-order valence-corrected chi connectivity index (χ0v) is 13.8. The summed E-state index contributed by atoms with van der Waals surface area (Å²) in [5.74, 6) is -1.10. The minimum atomic E-state index is -0.779. The number of nitrogens with zero attached hydrogens (tertiary/aromatic N) is 2. The molecule has 2 aliphatic rings. The highest BCUT2D eigenvalue weighted by atomic mass is 35.5. The van der Waals surface area contributed by atoms with E-state index in [9.17, 15) is 19.7 Å². The summed E-state index contributed by atoms with van der Waals surface area (Å²) in [5.41, 5.74) is 1.22. The molecule has 1 aliphatic carbocycles. The Hall–Kier alpha value is -3.06. The lowest BCUT2D eigenvalue weighted by atomic mass is 9.89. The summed E-state index contributed by atoms with van der Waals surface area (Å²) in [6.07, 6.45) is 6.53.